The molecule has 81 N–H and O–H groups in total. The number of hydrazine groups is 28. The molecule has 0 rings (SSSR count). The van der Waals surface area contributed by atoms with Crippen molar-refractivity contribution in [2.45, 2.75) is 47.0 Å². The maximum Gasteiger partial charge on any atom is 0.329 e. The zero-order valence-electron chi connectivity index (χ0n) is 73.2. The van der Waals surface area contributed by atoms with Crippen molar-refractivity contribution in [1.82, 2.24) is 77.0 Å². The molecule has 0 saturated carbocycles. The van der Waals surface area contributed by atoms with E-state index >= 15 is 0 Å². The van der Waals surface area contributed by atoms with Gasteiger partial charge in [0.15, 0.2) is 0 Å². The van der Waals surface area contributed by atoms with Gasteiger partial charge in [-0.15, -0.1) is 0 Å². The molecule has 0 unspecified atom stereocenters. The fraction of sp³-hybridized carbons (Fsp3) is 0.915. The Labute approximate surface area is 715 Å². The molecule has 0 aliphatic heterocycles. The van der Waals surface area contributed by atoms with Crippen LogP contribution in [0.15, 0.2) is 12.7 Å². The van der Waals surface area contributed by atoms with Gasteiger partial charge in [0.2, 0.25) is 5.91 Å². The molecule has 0 spiro atoms. The van der Waals surface area contributed by atoms with Crippen molar-refractivity contribution in [3.63, 3.8) is 0 Å². The fourth-order valence-electron chi connectivity index (χ4n) is 2.09. The van der Waals surface area contributed by atoms with Crippen LogP contribution in [0.3, 0.4) is 0 Å². The smallest absolute Gasteiger partial charge is 0.329 e. The van der Waals surface area contributed by atoms with E-state index in [4.69, 9.17) is 187 Å². The third-order valence-electron chi connectivity index (χ3n) is 4.92. The first-order valence-corrected chi connectivity index (χ1v) is 42.5. The van der Waals surface area contributed by atoms with Gasteiger partial charge in [-0.05, 0) is 69.2 Å². The molecule has 1 amide bonds. The second-order valence-corrected chi connectivity index (χ2v) is 27.1. The van der Waals surface area contributed by atoms with E-state index in [2.05, 4.69) is 62.5 Å². The van der Waals surface area contributed by atoms with Crippen molar-refractivity contribution < 1.29 is 14.3 Å². The average Bonchev–Trinajstić information content (AvgIpc) is 1.12. The van der Waals surface area contributed by atoms with E-state index in [1.807, 2.05) is 27.7 Å². The summed E-state index contributed by atoms with van der Waals surface area (Å²) >= 11 is 0. The van der Waals surface area contributed by atoms with E-state index in [9.17, 15) is 9.59 Å². The summed E-state index contributed by atoms with van der Waals surface area (Å²) in [5.74, 6) is 145. The number of ether oxygens (including phenoxy) is 1. The van der Waals surface area contributed by atoms with Crippen LogP contribution >= 0.6 is 86.4 Å². The Morgan fingerprint density at radius 3 is 0.522 bits per heavy atom. The first-order valence-electron chi connectivity index (χ1n) is 32.5. The molecule has 0 saturated heterocycles. The van der Waals surface area contributed by atoms with Crippen molar-refractivity contribution in [3.05, 3.63) is 12.7 Å². The van der Waals surface area contributed by atoms with Crippen molar-refractivity contribution in [2.75, 3.05) is 238 Å². The second kappa shape index (κ2) is 210. The number of nitrogens with zero attached hydrogens (tertiary/aromatic N) is 14. The molecule has 66 heteroatoms. The number of esters is 1. The third-order valence-corrected chi connectivity index (χ3v) is 14.5. The summed E-state index contributed by atoms with van der Waals surface area (Å²) in [5, 5.41) is 17.8. The van der Waals surface area contributed by atoms with Gasteiger partial charge in [0.1, 0.15) is 0 Å². The van der Waals surface area contributed by atoms with E-state index in [-0.39, 0.29) is 5.91 Å². The number of methoxy groups -OCH3 is 1. The Morgan fingerprint density at radius 1 is 0.301 bits per heavy atom. The predicted molar refractivity (Wildman–Crippen MR) is 508 cm³/mol. The molecule has 0 aromatic heterocycles. The highest BCUT2D eigenvalue weighted by atomic mass is 33.1. The van der Waals surface area contributed by atoms with Gasteiger partial charge in [0.25, 0.3) is 0 Å². The number of hydrogen-bond donors (Lipinski definition) is 41. The van der Waals surface area contributed by atoms with Crippen LogP contribution in [0.2, 0.25) is 0 Å². The summed E-state index contributed by atoms with van der Waals surface area (Å²) in [6, 6.07) is 0. The summed E-state index contributed by atoms with van der Waals surface area (Å²) in [7, 11) is 39.5. The van der Waals surface area contributed by atoms with Gasteiger partial charge < -0.3 is 78.9 Å². The highest BCUT2D eigenvalue weighted by Crippen LogP contribution is 2.21. The summed E-state index contributed by atoms with van der Waals surface area (Å²) in [4.78, 5) is 20.5. The highest BCUT2D eigenvalue weighted by molar-refractivity contribution is 8.77. The average molecular weight is 1830 g/mol. The van der Waals surface area contributed by atoms with Gasteiger partial charge in [-0.2, -0.15) is 71.7 Å². The molecule has 0 aromatic rings. The summed E-state index contributed by atoms with van der Waals surface area (Å²) in [6.45, 7) is 18.8. The van der Waals surface area contributed by atoms with Crippen LogP contribution in [-0.4, -0.2) is 321 Å². The number of hydrogen-bond acceptors (Lipinski definition) is 65. The van der Waals surface area contributed by atoms with Crippen molar-refractivity contribution >= 4 is 98.2 Å². The maximum atomic E-state index is 10.7. The van der Waals surface area contributed by atoms with Crippen LogP contribution in [0.4, 0.5) is 0 Å². The lowest BCUT2D eigenvalue weighted by Gasteiger charge is -2.09. The largest absolute Gasteiger partial charge is 0.466 e. The lowest BCUT2D eigenvalue weighted by Crippen LogP contribution is -2.39. The van der Waals surface area contributed by atoms with Gasteiger partial charge in [0, 0.05) is 187 Å². The monoisotopic (exact) mass is 1830 g/mol. The summed E-state index contributed by atoms with van der Waals surface area (Å²) < 4.78 is 4.14. The normalized spacial score (nSPS) is 8.73. The van der Waals surface area contributed by atoms with Gasteiger partial charge >= 0.3 is 5.97 Å². The van der Waals surface area contributed by atoms with E-state index in [0.29, 0.717) is 58.8 Å². The Bertz CT molecular complexity index is 1080. The molecule has 113 heavy (non-hydrogen) atoms. The standard InChI is InChI=1S/C7H15NO.3C4H16N6S2.C4H12N2S2.C4H6O2.C2H8N2.C2H6.8CH7N3.8CH5N/c1-3-5-7(9)8-6-4-2;3*5-9(6)1-3-11-12-4-2-10(7)8;5-1-3-7-8-4-2-6;1-3-4(5)6-2;3-1-2-4;1-2;8*1-4(2)3;8*1-2/h3-6H2,1-2H3,(H,8,9);3*1-8H2;1-6H2;3H,1H2,2H3;1-4H2;1-2H3;8*2-3H2,1H3;8*2H2,1H3. The number of rotatable bonds is 32. The third kappa shape index (κ3) is 709. The van der Waals surface area contributed by atoms with Gasteiger partial charge in [-0.1, -0.05) is 121 Å². The molecule has 0 heterocycles. The van der Waals surface area contributed by atoms with E-state index < -0.39 is 5.97 Å². The molecular weight excluding hydrogens is 1640 g/mol. The lowest BCUT2D eigenvalue weighted by atomic mass is 10.3. The molecule has 0 aliphatic carbocycles. The Kier molecular flexibility index (Phi) is 332. The molecule has 0 aliphatic rings. The van der Waals surface area contributed by atoms with Crippen molar-refractivity contribution in [1.29, 1.82) is 0 Å². The Balaban J connectivity index is -0.0000000342. The van der Waals surface area contributed by atoms with Crippen LogP contribution < -0.4 is 238 Å². The minimum absolute atomic E-state index is 0.180. The minimum Gasteiger partial charge on any atom is -0.466 e. The fourth-order valence-corrected chi connectivity index (χ4v) is 9.68. The van der Waals surface area contributed by atoms with Gasteiger partial charge in [-0.25, -0.2) is 4.79 Å². The second-order valence-electron chi connectivity index (χ2n) is 16.3. The molecular formula is C47H191N55O3S8. The van der Waals surface area contributed by atoms with Gasteiger partial charge in [0.05, 0.1) is 7.11 Å². The number of carbonyl (C=O) groups excluding carboxylic acids is 2. The molecule has 0 fully saturated rings. The Hall–Kier alpha value is -0.680. The van der Waals surface area contributed by atoms with Crippen LogP contribution in [-0.2, 0) is 14.3 Å². The minimum atomic E-state index is -0.394. The SMILES string of the molecule is C=CC(=O)OC.CC.CCCNC(=O)CCC.CN.CN.CN.CN.CN.CN.CN.CN.CN(N)N.CN(N)N.CN(N)N.CN(N)N.CN(N)N.CN(N)N.CN(N)N.CN(N)N.NCCN.NCCSSCCN.NN(N)CCSSCCN(N)N.NN(N)CCSSCCN(N)N.NN(N)CCSSCCN(N)N. The quantitative estimate of drug-likeness (QED) is 0.00743. The zero-order chi connectivity index (χ0) is 96.6. The van der Waals surface area contributed by atoms with E-state index in [1.165, 1.54) is 94.2 Å². The van der Waals surface area contributed by atoms with E-state index in [0.717, 1.165) is 126 Å². The van der Waals surface area contributed by atoms with Crippen LogP contribution in [0, 0.1) is 0 Å². The molecule has 0 radical (unpaired) electrons. The van der Waals surface area contributed by atoms with Crippen molar-refractivity contribution in [3.8, 4) is 0 Å². The number of nitrogens with one attached hydrogen (secondary N) is 1. The topological polar surface area (TPSA) is 1140 Å². The summed E-state index contributed by atoms with van der Waals surface area (Å²) in [5.41, 5.74) is 56.3. The number of amides is 1. The molecule has 0 bridgehead atoms. The first kappa shape index (κ1) is 178. The van der Waals surface area contributed by atoms with E-state index in [1.54, 1.807) is 143 Å². The first-order chi connectivity index (χ1) is 52.7. The Morgan fingerprint density at radius 2 is 0.442 bits per heavy atom. The molecule has 0 atom stereocenters. The number of nitrogens with two attached hydrogens (primary N) is 40. The maximum absolute atomic E-state index is 10.7. The van der Waals surface area contributed by atoms with Crippen LogP contribution in [0.1, 0.15) is 47.0 Å². The molecule has 0 aromatic carbocycles. The molecule has 58 nitrogen and oxygen atoms in total. The summed E-state index contributed by atoms with van der Waals surface area (Å²) in [6.07, 6.45) is 3.74. The van der Waals surface area contributed by atoms with Crippen molar-refractivity contribution in [2.24, 2.45) is 232 Å². The zero-order valence-corrected chi connectivity index (χ0v) is 79.7. The molecule has 720 valence electrons. The highest BCUT2D eigenvalue weighted by Gasteiger charge is 1.98. The predicted octanol–water partition coefficient (Wildman–Crippen LogP) is -16.8. The lowest BCUT2D eigenvalue weighted by molar-refractivity contribution is -0.134. The van der Waals surface area contributed by atoms with Crippen LogP contribution in [0.25, 0.3) is 0 Å². The van der Waals surface area contributed by atoms with Crippen LogP contribution in [0.5, 0.6) is 0 Å². The van der Waals surface area contributed by atoms with Gasteiger partial charge in [-0.3, -0.25) is 168 Å². The number of carbonyl (C=O) groups is 2.